The van der Waals surface area contributed by atoms with E-state index in [1.165, 1.54) is 0 Å². The molecule has 24 heavy (non-hydrogen) atoms. The molecule has 1 aliphatic heterocycles. The molecular weight excluding hydrogens is 357 g/mol. The fraction of sp³-hybridized carbons (Fsp3) is 0.400. The minimum atomic E-state index is -0.425. The summed E-state index contributed by atoms with van der Waals surface area (Å²) in [6, 6.07) is 4.40. The number of morpholine rings is 1. The Balaban J connectivity index is 1.69. The second kappa shape index (κ2) is 7.38. The van der Waals surface area contributed by atoms with Gasteiger partial charge in [-0.15, -0.1) is 0 Å². The highest BCUT2D eigenvalue weighted by Crippen LogP contribution is 2.28. The van der Waals surface area contributed by atoms with E-state index in [1.54, 1.807) is 30.0 Å². The number of carbonyl (C=O) groups excluding carboxylic acids is 1. The SMILES string of the molecule is Cc1noc(C2COCCN2C(=O)COc2cc(Cl)ccc2Cl)n1. The van der Waals surface area contributed by atoms with Gasteiger partial charge in [-0.05, 0) is 19.1 Å². The van der Waals surface area contributed by atoms with Crippen LogP contribution < -0.4 is 4.74 Å². The van der Waals surface area contributed by atoms with Crippen molar-refractivity contribution >= 4 is 29.1 Å². The molecule has 1 fully saturated rings. The normalized spacial score (nSPS) is 17.8. The Kier molecular flexibility index (Phi) is 5.23. The summed E-state index contributed by atoms with van der Waals surface area (Å²) < 4.78 is 16.1. The molecular formula is C15H15Cl2N3O4. The molecule has 0 radical (unpaired) electrons. The fourth-order valence-corrected chi connectivity index (χ4v) is 2.70. The minimum absolute atomic E-state index is 0.177. The van der Waals surface area contributed by atoms with E-state index >= 15 is 0 Å². The fourth-order valence-electron chi connectivity index (χ4n) is 2.37. The van der Waals surface area contributed by atoms with Crippen LogP contribution in [0.1, 0.15) is 17.8 Å². The number of rotatable bonds is 4. The standard InChI is InChI=1S/C15H15Cl2N3O4/c1-9-18-15(24-19-9)12-7-22-5-4-20(12)14(21)8-23-13-6-10(16)2-3-11(13)17/h2-3,6,12H,4-5,7-8H2,1H3. The first-order valence-electron chi connectivity index (χ1n) is 7.30. The van der Waals surface area contributed by atoms with Crippen LogP contribution in [0.3, 0.4) is 0 Å². The average molecular weight is 372 g/mol. The summed E-state index contributed by atoms with van der Waals surface area (Å²) >= 11 is 11.9. The van der Waals surface area contributed by atoms with Gasteiger partial charge in [0.2, 0.25) is 0 Å². The van der Waals surface area contributed by atoms with Crippen LogP contribution in [0.25, 0.3) is 0 Å². The van der Waals surface area contributed by atoms with Gasteiger partial charge in [0.15, 0.2) is 12.4 Å². The molecule has 9 heteroatoms. The summed E-state index contributed by atoms with van der Waals surface area (Å²) in [7, 11) is 0. The van der Waals surface area contributed by atoms with Gasteiger partial charge in [-0.2, -0.15) is 4.98 Å². The molecule has 2 aromatic rings. The second-order valence-electron chi connectivity index (χ2n) is 5.22. The average Bonchev–Trinajstić information content (AvgIpc) is 3.02. The largest absolute Gasteiger partial charge is 0.482 e. The Morgan fingerprint density at radius 1 is 1.46 bits per heavy atom. The van der Waals surface area contributed by atoms with Gasteiger partial charge in [-0.25, -0.2) is 0 Å². The highest BCUT2D eigenvalue weighted by Gasteiger charge is 2.32. The van der Waals surface area contributed by atoms with Gasteiger partial charge >= 0.3 is 0 Å². The maximum atomic E-state index is 12.5. The Hall–Kier alpha value is -1.83. The van der Waals surface area contributed by atoms with Gasteiger partial charge in [-0.3, -0.25) is 4.79 Å². The van der Waals surface area contributed by atoms with E-state index < -0.39 is 6.04 Å². The van der Waals surface area contributed by atoms with Crippen molar-refractivity contribution in [3.05, 3.63) is 40.0 Å². The lowest BCUT2D eigenvalue weighted by Gasteiger charge is -2.33. The number of hydrogen-bond acceptors (Lipinski definition) is 6. The van der Waals surface area contributed by atoms with Crippen LogP contribution in [0.2, 0.25) is 10.0 Å². The number of halogens is 2. The van der Waals surface area contributed by atoms with Gasteiger partial charge in [0.1, 0.15) is 11.8 Å². The summed E-state index contributed by atoms with van der Waals surface area (Å²) in [5.74, 6) is 0.984. The van der Waals surface area contributed by atoms with E-state index in [0.717, 1.165) is 0 Å². The summed E-state index contributed by atoms with van der Waals surface area (Å²) in [5.41, 5.74) is 0. The Morgan fingerprint density at radius 3 is 3.04 bits per heavy atom. The van der Waals surface area contributed by atoms with E-state index in [1.807, 2.05) is 0 Å². The Morgan fingerprint density at radius 2 is 2.29 bits per heavy atom. The van der Waals surface area contributed by atoms with Crippen molar-refractivity contribution in [2.45, 2.75) is 13.0 Å². The maximum absolute atomic E-state index is 12.5. The molecule has 0 saturated carbocycles. The smallest absolute Gasteiger partial charge is 0.261 e. The van der Waals surface area contributed by atoms with Crippen LogP contribution in [0, 0.1) is 6.92 Å². The van der Waals surface area contributed by atoms with E-state index in [2.05, 4.69) is 10.1 Å². The quantitative estimate of drug-likeness (QED) is 0.821. The van der Waals surface area contributed by atoms with Crippen LogP contribution >= 0.6 is 23.2 Å². The van der Waals surface area contributed by atoms with Crippen molar-refractivity contribution in [3.8, 4) is 5.75 Å². The number of aryl methyl sites for hydroxylation is 1. The summed E-state index contributed by atoms with van der Waals surface area (Å²) in [6.07, 6.45) is 0. The number of ether oxygens (including phenoxy) is 2. The third-order valence-corrected chi connectivity index (χ3v) is 4.07. The van der Waals surface area contributed by atoms with Crippen LogP contribution in [-0.2, 0) is 9.53 Å². The van der Waals surface area contributed by atoms with Crippen molar-refractivity contribution in [1.82, 2.24) is 15.0 Å². The molecule has 1 saturated heterocycles. The second-order valence-corrected chi connectivity index (χ2v) is 6.06. The molecule has 0 bridgehead atoms. The zero-order chi connectivity index (χ0) is 17.1. The molecule has 0 N–H and O–H groups in total. The third-order valence-electron chi connectivity index (χ3n) is 3.52. The van der Waals surface area contributed by atoms with E-state index in [-0.39, 0.29) is 12.5 Å². The third kappa shape index (κ3) is 3.80. The highest BCUT2D eigenvalue weighted by atomic mass is 35.5. The molecule has 1 aromatic heterocycles. The maximum Gasteiger partial charge on any atom is 0.261 e. The summed E-state index contributed by atoms with van der Waals surface area (Å²) in [6.45, 7) is 2.69. The van der Waals surface area contributed by atoms with Crippen molar-refractivity contribution in [3.63, 3.8) is 0 Å². The lowest BCUT2D eigenvalue weighted by molar-refractivity contribution is -0.143. The predicted molar refractivity (Wildman–Crippen MR) is 86.3 cm³/mol. The lowest BCUT2D eigenvalue weighted by Crippen LogP contribution is -2.45. The number of nitrogens with zero attached hydrogens (tertiary/aromatic N) is 3. The molecule has 3 rings (SSSR count). The van der Waals surface area contributed by atoms with E-state index in [9.17, 15) is 4.79 Å². The lowest BCUT2D eigenvalue weighted by atomic mass is 10.2. The van der Waals surface area contributed by atoms with Crippen LogP contribution in [0.15, 0.2) is 22.7 Å². The van der Waals surface area contributed by atoms with Crippen LogP contribution in [0.4, 0.5) is 0 Å². The Labute approximate surface area is 148 Å². The molecule has 1 aliphatic rings. The zero-order valence-corrected chi connectivity index (χ0v) is 14.4. The predicted octanol–water partition coefficient (Wildman–Crippen LogP) is 2.66. The van der Waals surface area contributed by atoms with E-state index in [0.29, 0.717) is 47.3 Å². The van der Waals surface area contributed by atoms with Crippen molar-refractivity contribution in [2.24, 2.45) is 0 Å². The number of amides is 1. The Bertz CT molecular complexity index is 737. The van der Waals surface area contributed by atoms with Crippen molar-refractivity contribution < 1.29 is 18.8 Å². The number of carbonyl (C=O) groups is 1. The monoisotopic (exact) mass is 371 g/mol. The molecule has 128 valence electrons. The topological polar surface area (TPSA) is 77.7 Å². The number of benzene rings is 1. The number of hydrogen-bond donors (Lipinski definition) is 0. The molecule has 0 spiro atoms. The summed E-state index contributed by atoms with van der Waals surface area (Å²) in [5, 5.41) is 4.62. The molecule has 1 atom stereocenters. The molecule has 1 aromatic carbocycles. The number of aromatic nitrogens is 2. The first kappa shape index (κ1) is 17.0. The molecule has 1 amide bonds. The molecule has 0 aliphatic carbocycles. The van der Waals surface area contributed by atoms with E-state index in [4.69, 9.17) is 37.2 Å². The highest BCUT2D eigenvalue weighted by molar-refractivity contribution is 6.34. The molecule has 7 nitrogen and oxygen atoms in total. The van der Waals surface area contributed by atoms with Crippen molar-refractivity contribution in [2.75, 3.05) is 26.4 Å². The summed E-state index contributed by atoms with van der Waals surface area (Å²) in [4.78, 5) is 18.3. The molecule has 2 heterocycles. The van der Waals surface area contributed by atoms with Gasteiger partial charge in [0, 0.05) is 17.6 Å². The van der Waals surface area contributed by atoms with Crippen LogP contribution in [-0.4, -0.2) is 47.3 Å². The van der Waals surface area contributed by atoms with Crippen LogP contribution in [0.5, 0.6) is 5.75 Å². The van der Waals surface area contributed by atoms with Gasteiger partial charge in [0.05, 0.1) is 18.2 Å². The molecule has 1 unspecified atom stereocenters. The van der Waals surface area contributed by atoms with Gasteiger partial charge in [-0.1, -0.05) is 28.4 Å². The van der Waals surface area contributed by atoms with Gasteiger partial charge < -0.3 is 18.9 Å². The van der Waals surface area contributed by atoms with Crippen molar-refractivity contribution in [1.29, 1.82) is 0 Å². The zero-order valence-electron chi connectivity index (χ0n) is 12.9. The first-order chi connectivity index (χ1) is 11.5. The van der Waals surface area contributed by atoms with Gasteiger partial charge in [0.25, 0.3) is 11.8 Å². The first-order valence-corrected chi connectivity index (χ1v) is 8.05. The minimum Gasteiger partial charge on any atom is -0.482 e.